The second-order valence-corrected chi connectivity index (χ2v) is 9.62. The van der Waals surface area contributed by atoms with Crippen molar-refractivity contribution in [1.29, 1.82) is 0 Å². The molecule has 1 unspecified atom stereocenters. The number of rotatable bonds is 3. The summed E-state index contributed by atoms with van der Waals surface area (Å²) in [7, 11) is 0. The van der Waals surface area contributed by atoms with Crippen LogP contribution in [0.5, 0.6) is 0 Å². The summed E-state index contributed by atoms with van der Waals surface area (Å²) >= 11 is 3.50. The molecule has 0 aromatic heterocycles. The molecule has 3 amide bonds. The molecule has 0 saturated carbocycles. The zero-order chi connectivity index (χ0) is 20.9. The molecule has 1 atom stereocenters. The number of halogens is 1. The van der Waals surface area contributed by atoms with Crippen LogP contribution in [0.15, 0.2) is 40.9 Å². The molecule has 1 saturated heterocycles. The first-order valence-corrected chi connectivity index (χ1v) is 10.2. The second kappa shape index (κ2) is 7.03. The summed E-state index contributed by atoms with van der Waals surface area (Å²) in [6.45, 7) is 12.7. The average molecular weight is 443 g/mol. The van der Waals surface area contributed by atoms with Crippen LogP contribution < -0.4 is 5.32 Å². The van der Waals surface area contributed by atoms with Crippen LogP contribution in [-0.4, -0.2) is 16.8 Å². The molecular weight excluding hydrogens is 416 g/mol. The summed E-state index contributed by atoms with van der Waals surface area (Å²) in [5, 5.41) is 2.89. The third-order valence-electron chi connectivity index (χ3n) is 5.57. The molecule has 1 heterocycles. The van der Waals surface area contributed by atoms with Crippen LogP contribution in [0.4, 0.5) is 4.79 Å². The van der Waals surface area contributed by atoms with Crippen molar-refractivity contribution in [2.24, 2.45) is 0 Å². The number of nitrogens with zero attached hydrogens (tertiary/aromatic N) is 1. The number of hydrogen-bond donors (Lipinski definition) is 1. The fourth-order valence-corrected chi connectivity index (χ4v) is 4.41. The Labute approximate surface area is 175 Å². The number of benzene rings is 2. The smallest absolute Gasteiger partial charge is 0.319 e. The van der Waals surface area contributed by atoms with E-state index >= 15 is 0 Å². The Morgan fingerprint density at radius 2 is 1.64 bits per heavy atom. The Hall–Kier alpha value is -2.14. The highest BCUT2D eigenvalue weighted by molar-refractivity contribution is 9.10. The zero-order valence-electron chi connectivity index (χ0n) is 17.3. The second-order valence-electron chi connectivity index (χ2n) is 8.76. The molecule has 5 heteroatoms. The van der Waals surface area contributed by atoms with Crippen LogP contribution >= 0.6 is 15.9 Å². The van der Waals surface area contributed by atoms with Gasteiger partial charge in [0.25, 0.3) is 5.91 Å². The van der Waals surface area contributed by atoms with E-state index in [0.29, 0.717) is 0 Å². The number of hydrogen-bond acceptors (Lipinski definition) is 2. The first kappa shape index (κ1) is 20.6. The molecule has 148 valence electrons. The topological polar surface area (TPSA) is 49.4 Å². The van der Waals surface area contributed by atoms with Crippen molar-refractivity contribution in [2.75, 3.05) is 0 Å². The number of imide groups is 1. The average Bonchev–Trinajstić information content (AvgIpc) is 2.80. The van der Waals surface area contributed by atoms with Crippen molar-refractivity contribution >= 4 is 27.9 Å². The molecule has 3 rings (SSSR count). The van der Waals surface area contributed by atoms with E-state index in [2.05, 4.69) is 54.2 Å². The highest BCUT2D eigenvalue weighted by Gasteiger charge is 2.49. The van der Waals surface area contributed by atoms with E-state index < -0.39 is 5.54 Å². The van der Waals surface area contributed by atoms with Gasteiger partial charge in [-0.15, -0.1) is 0 Å². The van der Waals surface area contributed by atoms with Gasteiger partial charge in [0.2, 0.25) is 0 Å². The number of urea groups is 1. The maximum Gasteiger partial charge on any atom is 0.325 e. The molecule has 1 aliphatic heterocycles. The van der Waals surface area contributed by atoms with Gasteiger partial charge >= 0.3 is 6.03 Å². The molecule has 2 aromatic carbocycles. The van der Waals surface area contributed by atoms with Crippen LogP contribution in [0.25, 0.3) is 0 Å². The monoisotopic (exact) mass is 442 g/mol. The molecule has 1 aliphatic rings. The highest BCUT2D eigenvalue weighted by Crippen LogP contribution is 2.35. The zero-order valence-corrected chi connectivity index (χ0v) is 18.9. The molecule has 0 aliphatic carbocycles. The van der Waals surface area contributed by atoms with Crippen molar-refractivity contribution in [2.45, 2.75) is 59.0 Å². The van der Waals surface area contributed by atoms with Gasteiger partial charge in [0.1, 0.15) is 5.54 Å². The number of aryl methyl sites for hydroxylation is 2. The van der Waals surface area contributed by atoms with Gasteiger partial charge in [0.15, 0.2) is 0 Å². The molecule has 0 radical (unpaired) electrons. The van der Waals surface area contributed by atoms with E-state index in [9.17, 15) is 9.59 Å². The fraction of sp³-hybridized carbons (Fsp3) is 0.391. The van der Waals surface area contributed by atoms with E-state index in [1.807, 2.05) is 38.1 Å². The normalized spacial score (nSPS) is 19.9. The lowest BCUT2D eigenvalue weighted by molar-refractivity contribution is -0.131. The van der Waals surface area contributed by atoms with Gasteiger partial charge in [-0.3, -0.25) is 9.69 Å². The van der Waals surface area contributed by atoms with Crippen LogP contribution in [0.1, 0.15) is 55.5 Å². The van der Waals surface area contributed by atoms with E-state index in [-0.39, 0.29) is 23.9 Å². The number of carbonyl (C=O) groups is 2. The van der Waals surface area contributed by atoms with Gasteiger partial charge < -0.3 is 5.32 Å². The summed E-state index contributed by atoms with van der Waals surface area (Å²) in [4.78, 5) is 27.3. The van der Waals surface area contributed by atoms with Crippen molar-refractivity contribution in [1.82, 2.24) is 10.2 Å². The lowest BCUT2D eigenvalue weighted by atomic mass is 9.83. The lowest BCUT2D eigenvalue weighted by Gasteiger charge is -2.25. The summed E-state index contributed by atoms with van der Waals surface area (Å²) in [5.74, 6) is -0.233. The van der Waals surface area contributed by atoms with Crippen LogP contribution in [0.2, 0.25) is 0 Å². The molecular formula is C23H27BrN2O2. The predicted molar refractivity (Wildman–Crippen MR) is 115 cm³/mol. The molecule has 0 spiro atoms. The largest absolute Gasteiger partial charge is 0.325 e. The minimum atomic E-state index is -1.08. The Morgan fingerprint density at radius 3 is 2.18 bits per heavy atom. The molecule has 2 aromatic rings. The maximum atomic E-state index is 13.3. The number of amides is 3. The van der Waals surface area contributed by atoms with E-state index in [4.69, 9.17) is 0 Å². The molecule has 0 bridgehead atoms. The summed E-state index contributed by atoms with van der Waals surface area (Å²) < 4.78 is 0.801. The first-order chi connectivity index (χ1) is 12.9. The Balaban J connectivity index is 1.95. The predicted octanol–water partition coefficient (Wildman–Crippen LogP) is 5.33. The fourth-order valence-electron chi connectivity index (χ4n) is 3.72. The SMILES string of the molecule is Cc1cc(C(C)(C)C)cc(C)c1CN1C(=O)NC(C)(c2ccccc2Br)C1=O. The Bertz CT molecular complexity index is 938. The van der Waals surface area contributed by atoms with Crippen molar-refractivity contribution in [3.05, 3.63) is 68.7 Å². The third kappa shape index (κ3) is 3.48. The lowest BCUT2D eigenvalue weighted by Crippen LogP contribution is -2.41. The van der Waals surface area contributed by atoms with Gasteiger partial charge in [-0.25, -0.2) is 4.79 Å². The minimum Gasteiger partial charge on any atom is -0.319 e. The van der Waals surface area contributed by atoms with Gasteiger partial charge in [0, 0.05) is 10.0 Å². The Morgan fingerprint density at radius 1 is 1.07 bits per heavy atom. The van der Waals surface area contributed by atoms with Gasteiger partial charge in [-0.05, 0) is 54.5 Å². The van der Waals surface area contributed by atoms with E-state index in [0.717, 1.165) is 26.7 Å². The van der Waals surface area contributed by atoms with Crippen molar-refractivity contribution in [3.8, 4) is 0 Å². The van der Waals surface area contributed by atoms with Crippen LogP contribution in [0, 0.1) is 13.8 Å². The summed E-state index contributed by atoms with van der Waals surface area (Å²) in [5.41, 5.74) is 4.19. The van der Waals surface area contributed by atoms with Crippen LogP contribution in [-0.2, 0) is 22.3 Å². The highest BCUT2D eigenvalue weighted by atomic mass is 79.9. The van der Waals surface area contributed by atoms with E-state index in [1.165, 1.54) is 10.5 Å². The summed E-state index contributed by atoms with van der Waals surface area (Å²) in [6.07, 6.45) is 0. The minimum absolute atomic E-state index is 0.0487. The quantitative estimate of drug-likeness (QED) is 0.652. The molecule has 4 nitrogen and oxygen atoms in total. The van der Waals surface area contributed by atoms with Gasteiger partial charge in [-0.2, -0.15) is 0 Å². The van der Waals surface area contributed by atoms with Gasteiger partial charge in [-0.1, -0.05) is 67.0 Å². The summed E-state index contributed by atoms with van der Waals surface area (Å²) in [6, 6.07) is 11.5. The first-order valence-electron chi connectivity index (χ1n) is 9.45. The Kier molecular flexibility index (Phi) is 5.17. The standard InChI is InChI=1S/C23H27BrN2O2/c1-14-11-16(22(3,4)5)12-15(2)17(14)13-26-20(27)23(6,25-21(26)28)18-9-7-8-10-19(18)24/h7-12H,13H2,1-6H3,(H,25,28). The van der Waals surface area contributed by atoms with E-state index in [1.54, 1.807) is 6.92 Å². The number of nitrogens with one attached hydrogen (secondary N) is 1. The maximum absolute atomic E-state index is 13.3. The molecule has 1 fully saturated rings. The van der Waals surface area contributed by atoms with Crippen molar-refractivity contribution < 1.29 is 9.59 Å². The van der Waals surface area contributed by atoms with Crippen molar-refractivity contribution in [3.63, 3.8) is 0 Å². The third-order valence-corrected chi connectivity index (χ3v) is 6.26. The van der Waals surface area contributed by atoms with Crippen LogP contribution in [0.3, 0.4) is 0 Å². The molecule has 28 heavy (non-hydrogen) atoms. The number of carbonyl (C=O) groups excluding carboxylic acids is 2. The molecule has 1 N–H and O–H groups in total. The van der Waals surface area contributed by atoms with Gasteiger partial charge in [0.05, 0.1) is 6.54 Å².